The first-order chi connectivity index (χ1) is 16.0. The van der Waals surface area contributed by atoms with Gasteiger partial charge in [-0.25, -0.2) is 4.79 Å². The van der Waals surface area contributed by atoms with Gasteiger partial charge in [-0.15, -0.1) is 10.2 Å². The summed E-state index contributed by atoms with van der Waals surface area (Å²) in [7, 11) is 0. The predicted octanol–water partition coefficient (Wildman–Crippen LogP) is 4.56. The number of anilines is 1. The first kappa shape index (κ1) is 23.7. The predicted molar refractivity (Wildman–Crippen MR) is 111 cm³/mol. The average Bonchev–Trinajstić information content (AvgIpc) is 3.24. The van der Waals surface area contributed by atoms with Gasteiger partial charge in [0.05, 0.1) is 5.56 Å². The number of nitrogens with zero attached hydrogens (tertiary/aromatic N) is 2. The van der Waals surface area contributed by atoms with E-state index in [4.69, 9.17) is 0 Å². The maximum atomic E-state index is 12.9. The Labute approximate surface area is 189 Å². The molecule has 0 aliphatic carbocycles. The van der Waals surface area contributed by atoms with Gasteiger partial charge in [-0.05, 0) is 18.6 Å². The number of nitrogens with one attached hydrogen (secondary N) is 2. The molecule has 2 aromatic carbocycles. The monoisotopic (exact) mass is 484 g/mol. The van der Waals surface area contributed by atoms with Gasteiger partial charge in [-0.3, -0.25) is 0 Å². The molecule has 1 aliphatic rings. The summed E-state index contributed by atoms with van der Waals surface area (Å²) in [5.41, 5.74) is 0.115. The molecule has 1 aliphatic heterocycles. The molecule has 4 rings (SSSR count). The Bertz CT molecular complexity index is 1180. The van der Waals surface area contributed by atoms with E-state index >= 15 is 0 Å². The molecular formula is C22H18F6N4O2. The number of esters is 1. The van der Waals surface area contributed by atoms with E-state index in [0.29, 0.717) is 40.8 Å². The number of carbonyl (C=O) groups is 1. The molecule has 0 unspecified atom stereocenters. The fourth-order valence-electron chi connectivity index (χ4n) is 3.75. The third-order valence-electron chi connectivity index (χ3n) is 5.38. The maximum absolute atomic E-state index is 12.9. The van der Waals surface area contributed by atoms with Crippen LogP contribution in [-0.2, 0) is 15.7 Å². The Hall–Kier alpha value is -3.41. The molecule has 2 heterocycles. The summed E-state index contributed by atoms with van der Waals surface area (Å²) >= 11 is 0. The van der Waals surface area contributed by atoms with E-state index in [0.717, 1.165) is 12.1 Å². The van der Waals surface area contributed by atoms with Crippen LogP contribution < -0.4 is 10.6 Å². The van der Waals surface area contributed by atoms with Gasteiger partial charge < -0.3 is 15.4 Å². The van der Waals surface area contributed by atoms with E-state index in [-0.39, 0.29) is 6.04 Å². The standard InChI is InChI=1S/C22H18F6N4O2/c23-21(24,25)13-7-5-12(6-8-13)18-16-3-1-2-4-17(16)19(32-31-18)30-14-9-15(29-10-14)11-34-20(33)22(26,27)28/h1-8,14-15,29H,9-11H2,(H,30,32)/t14-,15+/m0/s1. The molecule has 0 amide bonds. The fourth-order valence-corrected chi connectivity index (χ4v) is 3.75. The number of rotatable bonds is 5. The molecule has 34 heavy (non-hydrogen) atoms. The summed E-state index contributed by atoms with van der Waals surface area (Å²) in [6.45, 7) is -0.0271. The van der Waals surface area contributed by atoms with E-state index in [2.05, 4.69) is 25.6 Å². The van der Waals surface area contributed by atoms with Crippen LogP contribution in [0.15, 0.2) is 48.5 Å². The molecule has 0 saturated carbocycles. The van der Waals surface area contributed by atoms with Gasteiger partial charge in [-0.1, -0.05) is 36.4 Å². The van der Waals surface area contributed by atoms with Gasteiger partial charge in [0.2, 0.25) is 0 Å². The lowest BCUT2D eigenvalue weighted by Gasteiger charge is -2.16. The minimum atomic E-state index is -5.04. The number of fused-ring (bicyclic) bond motifs is 1. The third-order valence-corrected chi connectivity index (χ3v) is 5.38. The van der Waals surface area contributed by atoms with Crippen LogP contribution in [-0.4, -0.2) is 47.6 Å². The highest BCUT2D eigenvalue weighted by atomic mass is 19.4. The normalized spacial score (nSPS) is 18.8. The van der Waals surface area contributed by atoms with Gasteiger partial charge in [0.1, 0.15) is 12.3 Å². The highest BCUT2D eigenvalue weighted by Gasteiger charge is 2.41. The first-order valence-electron chi connectivity index (χ1n) is 10.2. The molecule has 180 valence electrons. The second-order valence-corrected chi connectivity index (χ2v) is 7.80. The molecular weight excluding hydrogens is 466 g/mol. The van der Waals surface area contributed by atoms with Crippen molar-refractivity contribution < 1.29 is 35.9 Å². The van der Waals surface area contributed by atoms with E-state index in [9.17, 15) is 31.1 Å². The minimum Gasteiger partial charge on any atom is -0.457 e. The average molecular weight is 484 g/mol. The Balaban J connectivity index is 1.49. The molecule has 2 N–H and O–H groups in total. The quantitative estimate of drug-likeness (QED) is 0.409. The van der Waals surface area contributed by atoms with E-state index in [1.807, 2.05) is 0 Å². The topological polar surface area (TPSA) is 76.1 Å². The minimum absolute atomic E-state index is 0.218. The lowest BCUT2D eigenvalue weighted by atomic mass is 10.0. The number of hydrogen-bond acceptors (Lipinski definition) is 6. The van der Waals surface area contributed by atoms with Crippen molar-refractivity contribution in [2.24, 2.45) is 0 Å². The Morgan fingerprint density at radius 1 is 1.00 bits per heavy atom. The van der Waals surface area contributed by atoms with E-state index < -0.39 is 36.5 Å². The summed E-state index contributed by atoms with van der Waals surface area (Å²) in [6.07, 6.45) is -9.11. The number of alkyl halides is 6. The first-order valence-corrected chi connectivity index (χ1v) is 10.2. The molecule has 12 heteroatoms. The van der Waals surface area contributed by atoms with E-state index in [1.54, 1.807) is 24.3 Å². The lowest BCUT2D eigenvalue weighted by Crippen LogP contribution is -2.32. The maximum Gasteiger partial charge on any atom is 0.490 e. The van der Waals surface area contributed by atoms with Gasteiger partial charge >= 0.3 is 18.3 Å². The molecule has 1 fully saturated rings. The molecule has 0 bridgehead atoms. The van der Waals surface area contributed by atoms with Gasteiger partial charge in [-0.2, -0.15) is 26.3 Å². The van der Waals surface area contributed by atoms with Crippen molar-refractivity contribution in [1.82, 2.24) is 15.5 Å². The molecule has 3 aromatic rings. The van der Waals surface area contributed by atoms with Crippen molar-refractivity contribution in [1.29, 1.82) is 0 Å². The zero-order valence-corrected chi connectivity index (χ0v) is 17.4. The number of hydrogen-bond donors (Lipinski definition) is 2. The van der Waals surface area contributed by atoms with Crippen molar-refractivity contribution in [2.75, 3.05) is 18.5 Å². The number of aromatic nitrogens is 2. The Morgan fingerprint density at radius 2 is 1.68 bits per heavy atom. The zero-order chi connectivity index (χ0) is 24.5. The Morgan fingerprint density at radius 3 is 2.32 bits per heavy atom. The van der Waals surface area contributed by atoms with Crippen LogP contribution in [0, 0.1) is 0 Å². The van der Waals surface area contributed by atoms with Crippen LogP contribution in [0.25, 0.3) is 22.0 Å². The highest BCUT2D eigenvalue weighted by molar-refractivity contribution is 6.00. The molecule has 2 atom stereocenters. The van der Waals surface area contributed by atoms with Crippen LogP contribution in [0.1, 0.15) is 12.0 Å². The fraction of sp³-hybridized carbons (Fsp3) is 0.318. The SMILES string of the molecule is O=C(OC[C@H]1C[C@H](Nc2nnc(-c3ccc(C(F)(F)F)cc3)c3ccccc23)CN1)C(F)(F)F. The van der Waals surface area contributed by atoms with E-state index in [1.165, 1.54) is 12.1 Å². The summed E-state index contributed by atoms with van der Waals surface area (Å²) in [4.78, 5) is 10.9. The van der Waals surface area contributed by atoms with Crippen molar-refractivity contribution in [3.63, 3.8) is 0 Å². The zero-order valence-electron chi connectivity index (χ0n) is 17.4. The third kappa shape index (κ3) is 5.22. The molecule has 1 aromatic heterocycles. The Kier molecular flexibility index (Phi) is 6.34. The van der Waals surface area contributed by atoms with Crippen molar-refractivity contribution in [3.05, 3.63) is 54.1 Å². The number of benzene rings is 2. The molecule has 0 spiro atoms. The van der Waals surface area contributed by atoms with Crippen LogP contribution >= 0.6 is 0 Å². The van der Waals surface area contributed by atoms with Gasteiger partial charge in [0.15, 0.2) is 5.82 Å². The van der Waals surface area contributed by atoms with Gasteiger partial charge in [0, 0.05) is 35.0 Å². The molecule has 0 radical (unpaired) electrons. The van der Waals surface area contributed by atoms with Crippen LogP contribution in [0.3, 0.4) is 0 Å². The largest absolute Gasteiger partial charge is 0.490 e. The van der Waals surface area contributed by atoms with Crippen molar-refractivity contribution in [2.45, 2.75) is 30.9 Å². The van der Waals surface area contributed by atoms with Crippen molar-refractivity contribution >= 4 is 22.6 Å². The summed E-state index contributed by atoms with van der Waals surface area (Å²) in [5, 5.41) is 15.9. The summed E-state index contributed by atoms with van der Waals surface area (Å²) < 4.78 is 79.8. The lowest BCUT2D eigenvalue weighted by molar-refractivity contribution is -0.200. The second kappa shape index (κ2) is 9.09. The van der Waals surface area contributed by atoms with Crippen molar-refractivity contribution in [3.8, 4) is 11.3 Å². The molecule has 6 nitrogen and oxygen atoms in total. The number of halogens is 6. The molecule has 1 saturated heterocycles. The summed E-state index contributed by atoms with van der Waals surface area (Å²) in [6, 6.07) is 11.0. The van der Waals surface area contributed by atoms with Crippen LogP contribution in [0.2, 0.25) is 0 Å². The smallest absolute Gasteiger partial charge is 0.457 e. The number of carbonyl (C=O) groups excluding carboxylic acids is 1. The second-order valence-electron chi connectivity index (χ2n) is 7.80. The van der Waals surface area contributed by atoms with Crippen LogP contribution in [0.4, 0.5) is 32.2 Å². The van der Waals surface area contributed by atoms with Crippen LogP contribution in [0.5, 0.6) is 0 Å². The number of ether oxygens (including phenoxy) is 1. The highest BCUT2D eigenvalue weighted by Crippen LogP contribution is 2.33. The summed E-state index contributed by atoms with van der Waals surface area (Å²) in [5.74, 6) is -1.81. The van der Waals surface area contributed by atoms with Gasteiger partial charge in [0.25, 0.3) is 0 Å².